The zero-order chi connectivity index (χ0) is 46.0. The Morgan fingerprint density at radius 3 is 1.33 bits per heavy atom. The van der Waals surface area contributed by atoms with Crippen LogP contribution >= 0.6 is 0 Å². The van der Waals surface area contributed by atoms with Crippen LogP contribution in [0.15, 0.2) is 206 Å². The van der Waals surface area contributed by atoms with Crippen molar-refractivity contribution in [3.05, 3.63) is 206 Å². The van der Waals surface area contributed by atoms with Crippen molar-refractivity contribution in [1.29, 1.82) is 0 Å². The van der Waals surface area contributed by atoms with Crippen molar-refractivity contribution >= 4 is 72.4 Å². The van der Waals surface area contributed by atoms with E-state index in [0.717, 1.165) is 25.3 Å². The Kier molecular flexibility index (Phi) is 4.31. The highest BCUT2D eigenvalue weighted by Crippen LogP contribution is 2.36. The van der Waals surface area contributed by atoms with E-state index in [2.05, 4.69) is 36.4 Å². The molecule has 10 rings (SSSR count). The lowest BCUT2D eigenvalue weighted by Gasteiger charge is -2.34. The van der Waals surface area contributed by atoms with E-state index in [4.69, 9.17) is 12.3 Å². The fraction of sp³-hybridized carbons (Fsp3) is 0. The zero-order valence-corrected chi connectivity index (χ0v) is 27.9. The van der Waals surface area contributed by atoms with E-state index in [1.807, 2.05) is 78.9 Å². The molecule has 0 fully saturated rings. The van der Waals surface area contributed by atoms with Crippen LogP contribution in [0.4, 0.5) is 0 Å². The maximum atomic E-state index is 9.92. The number of rotatable bonds is 6. The molecule has 3 heteroatoms. The highest BCUT2D eigenvalue weighted by Gasteiger charge is 2.41. The lowest BCUT2D eigenvalue weighted by Crippen LogP contribution is -2.74. The Hall–Kier alpha value is -6.42. The summed E-state index contributed by atoms with van der Waals surface area (Å²) in [7, 11) is -3.01. The Balaban J connectivity index is 1.33. The van der Waals surface area contributed by atoms with Gasteiger partial charge in [0.25, 0.3) is 0 Å². The number of aromatic nitrogens is 2. The van der Waals surface area contributed by atoms with Gasteiger partial charge in [0, 0.05) is 32.9 Å². The standard InChI is InChI=1S/C48H34N2Si/c1-4-16-37(17-5-1)51(38-18-6-2-7-19-38,39-20-8-3-9-21-39)40-31-28-35(29-32-40)49-47-27-15-12-24-43(47)44-34-36(30-33-48(44)49)50-45-25-13-10-22-41(45)42-23-11-14-26-46(42)50/h1-34H/i10D,11D,12D,13D,14D,15D,22D,23D,24D,25D,27D,30D,33D,34D. The average molecular weight is 681 g/mol. The van der Waals surface area contributed by atoms with Crippen molar-refractivity contribution in [3.63, 3.8) is 0 Å². The lowest BCUT2D eigenvalue weighted by atomic mass is 10.1. The van der Waals surface area contributed by atoms with Gasteiger partial charge in [-0.15, -0.1) is 0 Å². The molecule has 8 aromatic carbocycles. The van der Waals surface area contributed by atoms with Crippen molar-refractivity contribution in [1.82, 2.24) is 9.13 Å². The average Bonchev–Trinajstić information content (AvgIpc) is 3.86. The topological polar surface area (TPSA) is 9.86 Å². The molecular weight excluding hydrogens is 633 g/mol. The third-order valence-corrected chi connectivity index (χ3v) is 14.5. The van der Waals surface area contributed by atoms with Crippen molar-refractivity contribution < 1.29 is 19.2 Å². The predicted molar refractivity (Wildman–Crippen MR) is 219 cm³/mol. The molecule has 240 valence electrons. The van der Waals surface area contributed by atoms with E-state index in [0.29, 0.717) is 5.69 Å². The molecule has 2 aromatic heterocycles. The van der Waals surface area contributed by atoms with Crippen molar-refractivity contribution in [2.45, 2.75) is 0 Å². The first kappa shape index (κ1) is 18.5. The van der Waals surface area contributed by atoms with Gasteiger partial charge >= 0.3 is 0 Å². The van der Waals surface area contributed by atoms with Crippen LogP contribution in [-0.2, 0) is 0 Å². The Morgan fingerprint density at radius 2 is 0.765 bits per heavy atom. The molecule has 0 bridgehead atoms. The molecule has 0 amide bonds. The number of fused-ring (bicyclic) bond motifs is 6. The summed E-state index contributed by atoms with van der Waals surface area (Å²) in [6.07, 6.45) is 0. The monoisotopic (exact) mass is 680 g/mol. The third-order valence-electron chi connectivity index (χ3n) is 9.65. The number of hydrogen-bond donors (Lipinski definition) is 0. The normalized spacial score (nSPS) is 15.8. The molecule has 0 saturated heterocycles. The second-order valence-electron chi connectivity index (χ2n) is 12.3. The summed E-state index contributed by atoms with van der Waals surface area (Å²) in [5, 5.41) is 3.88. The van der Waals surface area contributed by atoms with E-state index in [-0.39, 0.29) is 49.3 Å². The highest BCUT2D eigenvalue weighted by atomic mass is 28.3. The molecule has 0 atom stereocenters. The first-order chi connectivity index (χ1) is 31.1. The molecular formula is C48H34N2Si. The summed E-state index contributed by atoms with van der Waals surface area (Å²) in [5.41, 5.74) is -0.385. The first-order valence-electron chi connectivity index (χ1n) is 23.5. The van der Waals surface area contributed by atoms with E-state index in [1.54, 1.807) is 0 Å². The SMILES string of the molecule is [2H]c1cc2c(c([2H])c1[2H])c1c([2H])c([2H])c([2H])c([2H])c1n2-c1c([2H])c([2H])c2c(c1[2H])c1c([2H])c([2H])c([2H])c([2H])c1n2-c1ccc([Si](c2ccccc2)(c2ccccc2)c2ccccc2)cc1. The molecule has 0 spiro atoms. The second kappa shape index (κ2) is 11.9. The van der Waals surface area contributed by atoms with Gasteiger partial charge in [-0.2, -0.15) is 0 Å². The van der Waals surface area contributed by atoms with Crippen LogP contribution in [0, 0.1) is 0 Å². The van der Waals surface area contributed by atoms with E-state index in [1.165, 1.54) is 10.6 Å². The molecule has 2 nitrogen and oxygen atoms in total. The minimum absolute atomic E-state index is 0.0418. The van der Waals surface area contributed by atoms with Gasteiger partial charge in [0.1, 0.15) is 0 Å². The van der Waals surface area contributed by atoms with Gasteiger partial charge in [-0.25, -0.2) is 0 Å². The summed E-state index contributed by atoms with van der Waals surface area (Å²) < 4.78 is 129. The molecule has 0 radical (unpaired) electrons. The largest absolute Gasteiger partial charge is 0.309 e. The molecule has 0 unspecified atom stereocenters. The summed E-state index contributed by atoms with van der Waals surface area (Å²) in [5.74, 6) is 0. The molecule has 0 aliphatic rings. The van der Waals surface area contributed by atoms with Crippen LogP contribution < -0.4 is 20.7 Å². The fourth-order valence-corrected chi connectivity index (χ4v) is 12.3. The fourth-order valence-electron chi connectivity index (χ4n) is 7.51. The minimum Gasteiger partial charge on any atom is -0.309 e. The summed E-state index contributed by atoms with van der Waals surface area (Å²) in [6.45, 7) is 0. The Bertz CT molecular complexity index is 3540. The van der Waals surface area contributed by atoms with Crippen molar-refractivity contribution in [3.8, 4) is 11.4 Å². The molecule has 0 saturated carbocycles. The van der Waals surface area contributed by atoms with Crippen LogP contribution in [0.25, 0.3) is 55.0 Å². The second-order valence-corrected chi connectivity index (χ2v) is 16.1. The first-order valence-corrected chi connectivity index (χ1v) is 18.5. The highest BCUT2D eigenvalue weighted by molar-refractivity contribution is 7.19. The molecule has 2 heterocycles. The van der Waals surface area contributed by atoms with E-state index >= 15 is 0 Å². The number of para-hydroxylation sites is 3. The summed E-state index contributed by atoms with van der Waals surface area (Å²) in [6, 6.07) is 32.2. The van der Waals surface area contributed by atoms with Crippen LogP contribution in [0.1, 0.15) is 19.2 Å². The molecule has 10 aromatic rings. The van der Waals surface area contributed by atoms with Crippen LogP contribution in [-0.4, -0.2) is 17.2 Å². The van der Waals surface area contributed by atoms with Gasteiger partial charge in [0.2, 0.25) is 0 Å². The minimum atomic E-state index is -3.01. The molecule has 0 N–H and O–H groups in total. The third kappa shape index (κ3) is 4.49. The summed E-state index contributed by atoms with van der Waals surface area (Å²) in [4.78, 5) is 0. The molecule has 51 heavy (non-hydrogen) atoms. The van der Waals surface area contributed by atoms with Gasteiger partial charge < -0.3 is 9.13 Å². The number of benzene rings is 8. The Morgan fingerprint density at radius 1 is 0.333 bits per heavy atom. The maximum absolute atomic E-state index is 9.92. The van der Waals surface area contributed by atoms with Gasteiger partial charge in [-0.05, 0) is 69.2 Å². The van der Waals surface area contributed by atoms with Gasteiger partial charge in [0.15, 0.2) is 8.07 Å². The Labute approximate surface area is 317 Å². The van der Waals surface area contributed by atoms with Gasteiger partial charge in [-0.1, -0.05) is 158 Å². The van der Waals surface area contributed by atoms with Gasteiger partial charge in [0.05, 0.1) is 41.3 Å². The van der Waals surface area contributed by atoms with Crippen LogP contribution in [0.5, 0.6) is 0 Å². The lowest BCUT2D eigenvalue weighted by molar-refractivity contribution is 1.17. The van der Waals surface area contributed by atoms with E-state index in [9.17, 15) is 6.85 Å². The van der Waals surface area contributed by atoms with E-state index < -0.39 is 92.7 Å². The molecule has 0 aliphatic heterocycles. The van der Waals surface area contributed by atoms with Gasteiger partial charge in [-0.3, -0.25) is 0 Å². The van der Waals surface area contributed by atoms with Crippen LogP contribution in [0.2, 0.25) is 0 Å². The smallest absolute Gasteiger partial charge is 0.179 e. The zero-order valence-electron chi connectivity index (χ0n) is 40.9. The predicted octanol–water partition coefficient (Wildman–Crippen LogP) is 9.26. The quantitative estimate of drug-likeness (QED) is 0.122. The number of hydrogen-bond acceptors (Lipinski definition) is 0. The van der Waals surface area contributed by atoms with Crippen LogP contribution in [0.3, 0.4) is 0 Å². The maximum Gasteiger partial charge on any atom is 0.179 e. The number of nitrogens with zero attached hydrogens (tertiary/aromatic N) is 2. The summed E-state index contributed by atoms with van der Waals surface area (Å²) >= 11 is 0. The molecule has 0 aliphatic carbocycles. The van der Waals surface area contributed by atoms with Crippen molar-refractivity contribution in [2.75, 3.05) is 0 Å². The van der Waals surface area contributed by atoms with Crippen molar-refractivity contribution in [2.24, 2.45) is 0 Å².